The Morgan fingerprint density at radius 1 is 1.44 bits per heavy atom. The summed E-state index contributed by atoms with van der Waals surface area (Å²) in [5.74, 6) is -1.27. The standard InChI is InChI=1S/C10H16N2O4/c11-10(2-1-3-10)9(15)12-4-5-16-6-7(12)8(13)14/h7H,1-6,11H2,(H,13,14). The van der Waals surface area contributed by atoms with Gasteiger partial charge in [-0.05, 0) is 19.3 Å². The Hall–Kier alpha value is -1.14. The molecule has 3 N–H and O–H groups in total. The number of nitrogens with two attached hydrogens (primary N) is 1. The second kappa shape index (κ2) is 4.03. The number of ether oxygens (including phenoxy) is 1. The molecule has 1 amide bonds. The van der Waals surface area contributed by atoms with E-state index in [1.54, 1.807) is 0 Å². The highest BCUT2D eigenvalue weighted by Gasteiger charge is 2.46. The van der Waals surface area contributed by atoms with Crippen LogP contribution < -0.4 is 5.73 Å². The Morgan fingerprint density at radius 3 is 2.62 bits per heavy atom. The molecule has 0 radical (unpaired) electrons. The molecule has 1 heterocycles. The Kier molecular flexibility index (Phi) is 2.86. The highest BCUT2D eigenvalue weighted by Crippen LogP contribution is 2.31. The van der Waals surface area contributed by atoms with Crippen molar-refractivity contribution in [2.24, 2.45) is 5.73 Å². The summed E-state index contributed by atoms with van der Waals surface area (Å²) < 4.78 is 5.07. The molecule has 1 aliphatic carbocycles. The molecule has 1 saturated heterocycles. The van der Waals surface area contributed by atoms with Gasteiger partial charge in [0, 0.05) is 6.54 Å². The number of carboxylic acid groups (broad SMARTS) is 1. The van der Waals surface area contributed by atoms with Crippen LogP contribution in [-0.4, -0.2) is 53.2 Å². The van der Waals surface area contributed by atoms with Crippen molar-refractivity contribution in [1.82, 2.24) is 4.90 Å². The van der Waals surface area contributed by atoms with Crippen molar-refractivity contribution in [2.75, 3.05) is 19.8 Å². The van der Waals surface area contributed by atoms with E-state index in [0.29, 0.717) is 26.0 Å². The van der Waals surface area contributed by atoms with Crippen LogP contribution in [0.2, 0.25) is 0 Å². The molecular weight excluding hydrogens is 212 g/mol. The van der Waals surface area contributed by atoms with Crippen LogP contribution in [0.15, 0.2) is 0 Å². The molecule has 2 aliphatic rings. The van der Waals surface area contributed by atoms with E-state index in [-0.39, 0.29) is 12.5 Å². The molecule has 6 nitrogen and oxygen atoms in total. The van der Waals surface area contributed by atoms with Gasteiger partial charge in [0.2, 0.25) is 5.91 Å². The summed E-state index contributed by atoms with van der Waals surface area (Å²) in [6.07, 6.45) is 2.23. The average molecular weight is 228 g/mol. The monoisotopic (exact) mass is 228 g/mol. The highest BCUT2D eigenvalue weighted by atomic mass is 16.5. The quantitative estimate of drug-likeness (QED) is 0.644. The fourth-order valence-electron chi connectivity index (χ4n) is 2.11. The van der Waals surface area contributed by atoms with Crippen molar-refractivity contribution in [2.45, 2.75) is 30.8 Å². The summed E-state index contributed by atoms with van der Waals surface area (Å²) in [4.78, 5) is 24.4. The minimum Gasteiger partial charge on any atom is -0.480 e. The van der Waals surface area contributed by atoms with Crippen LogP contribution >= 0.6 is 0 Å². The lowest BCUT2D eigenvalue weighted by molar-refractivity contribution is -0.162. The van der Waals surface area contributed by atoms with E-state index in [2.05, 4.69) is 0 Å². The van der Waals surface area contributed by atoms with Gasteiger partial charge in [-0.3, -0.25) is 4.79 Å². The first-order chi connectivity index (χ1) is 7.54. The van der Waals surface area contributed by atoms with Gasteiger partial charge >= 0.3 is 5.97 Å². The lowest BCUT2D eigenvalue weighted by Crippen LogP contribution is -2.64. The maximum absolute atomic E-state index is 12.1. The zero-order valence-corrected chi connectivity index (χ0v) is 9.02. The minimum atomic E-state index is -1.03. The van der Waals surface area contributed by atoms with Gasteiger partial charge in [-0.1, -0.05) is 0 Å². The number of aliphatic carboxylic acids is 1. The van der Waals surface area contributed by atoms with Gasteiger partial charge < -0.3 is 20.5 Å². The summed E-state index contributed by atoms with van der Waals surface area (Å²) in [6.45, 7) is 0.748. The molecule has 1 aliphatic heterocycles. The first kappa shape index (κ1) is 11.3. The lowest BCUT2D eigenvalue weighted by atomic mass is 9.76. The number of morpholine rings is 1. The molecule has 1 unspecified atom stereocenters. The summed E-state index contributed by atoms with van der Waals surface area (Å²) in [5, 5.41) is 9.00. The zero-order valence-electron chi connectivity index (χ0n) is 9.02. The van der Waals surface area contributed by atoms with Crippen LogP contribution in [0.4, 0.5) is 0 Å². The average Bonchev–Trinajstić information content (AvgIpc) is 2.25. The predicted molar refractivity (Wildman–Crippen MR) is 54.7 cm³/mol. The molecule has 1 saturated carbocycles. The van der Waals surface area contributed by atoms with E-state index >= 15 is 0 Å². The smallest absolute Gasteiger partial charge is 0.328 e. The molecule has 2 fully saturated rings. The van der Waals surface area contributed by atoms with E-state index in [4.69, 9.17) is 15.6 Å². The molecule has 2 rings (SSSR count). The van der Waals surface area contributed by atoms with Crippen LogP contribution in [-0.2, 0) is 14.3 Å². The van der Waals surface area contributed by atoms with Crippen LogP contribution in [0.3, 0.4) is 0 Å². The summed E-state index contributed by atoms with van der Waals surface area (Å²) >= 11 is 0. The normalized spacial score (nSPS) is 28.3. The molecule has 0 aromatic heterocycles. The Bertz CT molecular complexity index is 314. The van der Waals surface area contributed by atoms with E-state index in [0.717, 1.165) is 6.42 Å². The first-order valence-electron chi connectivity index (χ1n) is 5.45. The van der Waals surface area contributed by atoms with Crippen molar-refractivity contribution in [3.8, 4) is 0 Å². The third kappa shape index (κ3) is 1.78. The number of amides is 1. The molecule has 6 heteroatoms. The van der Waals surface area contributed by atoms with Crippen molar-refractivity contribution < 1.29 is 19.4 Å². The fraction of sp³-hybridized carbons (Fsp3) is 0.800. The van der Waals surface area contributed by atoms with Gasteiger partial charge in [0.1, 0.15) is 0 Å². The van der Waals surface area contributed by atoms with Gasteiger partial charge in [0.25, 0.3) is 0 Å². The third-order valence-electron chi connectivity index (χ3n) is 3.35. The van der Waals surface area contributed by atoms with Gasteiger partial charge in [-0.2, -0.15) is 0 Å². The minimum absolute atomic E-state index is 0.0527. The topological polar surface area (TPSA) is 92.9 Å². The zero-order chi connectivity index (χ0) is 11.8. The number of hydrogen-bond acceptors (Lipinski definition) is 4. The predicted octanol–water partition coefficient (Wildman–Crippen LogP) is -0.820. The van der Waals surface area contributed by atoms with Crippen LogP contribution in [0.5, 0.6) is 0 Å². The van der Waals surface area contributed by atoms with E-state index in [9.17, 15) is 9.59 Å². The van der Waals surface area contributed by atoms with Gasteiger partial charge in [0.15, 0.2) is 6.04 Å². The van der Waals surface area contributed by atoms with E-state index in [1.165, 1.54) is 4.90 Å². The van der Waals surface area contributed by atoms with Crippen LogP contribution in [0.1, 0.15) is 19.3 Å². The molecular formula is C10H16N2O4. The second-order valence-electron chi connectivity index (χ2n) is 4.44. The Labute approximate surface area is 93.3 Å². The maximum Gasteiger partial charge on any atom is 0.328 e. The van der Waals surface area contributed by atoms with Gasteiger partial charge in [-0.15, -0.1) is 0 Å². The number of hydrogen-bond donors (Lipinski definition) is 2. The fourth-order valence-corrected chi connectivity index (χ4v) is 2.11. The maximum atomic E-state index is 12.1. The highest BCUT2D eigenvalue weighted by molar-refractivity contribution is 5.91. The SMILES string of the molecule is NC1(C(=O)N2CCOCC2C(=O)O)CCC1. The molecule has 90 valence electrons. The van der Waals surface area contributed by atoms with Crippen molar-refractivity contribution >= 4 is 11.9 Å². The van der Waals surface area contributed by atoms with Crippen molar-refractivity contribution in [3.63, 3.8) is 0 Å². The molecule has 1 atom stereocenters. The Balaban J connectivity index is 2.10. The molecule has 16 heavy (non-hydrogen) atoms. The van der Waals surface area contributed by atoms with Crippen molar-refractivity contribution in [3.05, 3.63) is 0 Å². The van der Waals surface area contributed by atoms with E-state index < -0.39 is 17.6 Å². The Morgan fingerprint density at radius 2 is 2.12 bits per heavy atom. The molecule has 0 aromatic carbocycles. The molecule has 0 aromatic rings. The largest absolute Gasteiger partial charge is 0.480 e. The van der Waals surface area contributed by atoms with Crippen molar-refractivity contribution in [1.29, 1.82) is 0 Å². The van der Waals surface area contributed by atoms with Crippen LogP contribution in [0, 0.1) is 0 Å². The van der Waals surface area contributed by atoms with Gasteiger partial charge in [0.05, 0.1) is 18.8 Å². The lowest BCUT2D eigenvalue weighted by Gasteiger charge is -2.43. The molecule has 0 bridgehead atoms. The number of carbonyl (C=O) groups excluding carboxylic acids is 1. The number of nitrogens with zero attached hydrogens (tertiary/aromatic N) is 1. The van der Waals surface area contributed by atoms with Crippen LogP contribution in [0.25, 0.3) is 0 Å². The summed E-state index contributed by atoms with van der Waals surface area (Å²) in [6, 6.07) is -0.887. The number of rotatable bonds is 2. The summed E-state index contributed by atoms with van der Waals surface area (Å²) in [5.41, 5.74) is 5.09. The number of carboxylic acids is 1. The second-order valence-corrected chi connectivity index (χ2v) is 4.44. The van der Waals surface area contributed by atoms with E-state index in [1.807, 2.05) is 0 Å². The molecule has 0 spiro atoms. The van der Waals surface area contributed by atoms with Gasteiger partial charge in [-0.25, -0.2) is 4.79 Å². The number of carbonyl (C=O) groups is 2. The summed E-state index contributed by atoms with van der Waals surface area (Å²) in [7, 11) is 0. The first-order valence-corrected chi connectivity index (χ1v) is 5.45. The third-order valence-corrected chi connectivity index (χ3v) is 3.35.